The molecule has 2 nitrogen and oxygen atoms in total. The van der Waals surface area contributed by atoms with Gasteiger partial charge in [-0.2, -0.15) is 13.2 Å². The Morgan fingerprint density at radius 2 is 2.00 bits per heavy atom. The lowest BCUT2D eigenvalue weighted by Crippen LogP contribution is -2.10. The van der Waals surface area contributed by atoms with Crippen molar-refractivity contribution >= 4 is 0 Å². The van der Waals surface area contributed by atoms with Gasteiger partial charge in [0, 0.05) is 18.2 Å². The summed E-state index contributed by atoms with van der Waals surface area (Å²) in [5, 5.41) is 9.30. The Hall–Kier alpha value is -1.17. The summed E-state index contributed by atoms with van der Waals surface area (Å²) in [6.07, 6.45) is -5.19. The van der Waals surface area contributed by atoms with Crippen LogP contribution in [0.4, 0.5) is 17.6 Å². The number of alkyl halides is 3. The highest BCUT2D eigenvalue weighted by molar-refractivity contribution is 5.12. The molecule has 84 valence electrons. The minimum Gasteiger partial charge on any atom is -0.388 e. The molecule has 0 aliphatic heterocycles. The molecule has 1 atom stereocenters. The van der Waals surface area contributed by atoms with Crippen LogP contribution in [0.3, 0.4) is 0 Å². The van der Waals surface area contributed by atoms with Gasteiger partial charge >= 0.3 is 6.18 Å². The SMILES string of the molecule is OC(CCC(F)(F)F)c1cncc(F)c1. The first kappa shape index (κ1) is 11.9. The highest BCUT2D eigenvalue weighted by Crippen LogP contribution is 2.27. The van der Waals surface area contributed by atoms with E-state index in [1.54, 1.807) is 0 Å². The minimum atomic E-state index is -4.32. The van der Waals surface area contributed by atoms with Gasteiger partial charge in [-0.15, -0.1) is 0 Å². The zero-order chi connectivity index (χ0) is 11.5. The van der Waals surface area contributed by atoms with Crippen molar-refractivity contribution in [1.82, 2.24) is 4.98 Å². The van der Waals surface area contributed by atoms with E-state index in [-0.39, 0.29) is 5.56 Å². The summed E-state index contributed by atoms with van der Waals surface area (Å²) in [4.78, 5) is 3.43. The summed E-state index contributed by atoms with van der Waals surface area (Å²) in [7, 11) is 0. The fourth-order valence-corrected chi connectivity index (χ4v) is 1.08. The molecule has 1 heterocycles. The molecule has 6 heteroatoms. The van der Waals surface area contributed by atoms with Crippen LogP contribution in [-0.2, 0) is 0 Å². The largest absolute Gasteiger partial charge is 0.389 e. The van der Waals surface area contributed by atoms with E-state index in [0.717, 1.165) is 18.5 Å². The van der Waals surface area contributed by atoms with Crippen LogP contribution in [0.2, 0.25) is 0 Å². The lowest BCUT2D eigenvalue weighted by Gasteiger charge is -2.11. The summed E-state index contributed by atoms with van der Waals surface area (Å²) < 4.78 is 48.0. The molecular formula is C9H9F4NO. The fraction of sp³-hybridized carbons (Fsp3) is 0.444. The van der Waals surface area contributed by atoms with Crippen LogP contribution in [-0.4, -0.2) is 16.3 Å². The van der Waals surface area contributed by atoms with Crippen LogP contribution in [0.5, 0.6) is 0 Å². The van der Waals surface area contributed by atoms with Crippen molar-refractivity contribution in [2.75, 3.05) is 0 Å². The number of hydrogen-bond donors (Lipinski definition) is 1. The Labute approximate surface area is 83.6 Å². The van der Waals surface area contributed by atoms with Gasteiger partial charge < -0.3 is 5.11 Å². The van der Waals surface area contributed by atoms with Gasteiger partial charge in [0.2, 0.25) is 0 Å². The predicted octanol–water partition coefficient (Wildman–Crippen LogP) is 2.60. The van der Waals surface area contributed by atoms with Crippen molar-refractivity contribution in [2.45, 2.75) is 25.1 Å². The number of nitrogens with zero attached hydrogens (tertiary/aromatic N) is 1. The second kappa shape index (κ2) is 4.57. The average molecular weight is 223 g/mol. The minimum absolute atomic E-state index is 0.0549. The lowest BCUT2D eigenvalue weighted by molar-refractivity contribution is -0.140. The molecule has 0 saturated heterocycles. The van der Waals surface area contributed by atoms with Gasteiger partial charge in [-0.25, -0.2) is 4.39 Å². The standard InChI is InChI=1S/C9H9F4NO/c10-7-3-6(4-14-5-7)8(15)1-2-9(11,12)13/h3-5,8,15H,1-2H2. The van der Waals surface area contributed by atoms with Crippen LogP contribution >= 0.6 is 0 Å². The lowest BCUT2D eigenvalue weighted by atomic mass is 10.1. The Kier molecular flexibility index (Phi) is 3.62. The molecule has 1 rings (SSSR count). The van der Waals surface area contributed by atoms with Crippen LogP contribution in [0, 0.1) is 5.82 Å². The second-order valence-corrected chi connectivity index (χ2v) is 3.11. The van der Waals surface area contributed by atoms with Crippen LogP contribution in [0.15, 0.2) is 18.5 Å². The van der Waals surface area contributed by atoms with E-state index < -0.39 is 30.9 Å². The molecule has 1 N–H and O–H groups in total. The third-order valence-electron chi connectivity index (χ3n) is 1.81. The Balaban J connectivity index is 2.58. The third-order valence-corrected chi connectivity index (χ3v) is 1.81. The Bertz CT molecular complexity index is 326. The van der Waals surface area contributed by atoms with E-state index in [9.17, 15) is 22.7 Å². The summed E-state index contributed by atoms with van der Waals surface area (Å²) in [6.45, 7) is 0. The van der Waals surface area contributed by atoms with Gasteiger partial charge in [0.1, 0.15) is 5.82 Å². The summed E-state index contributed by atoms with van der Waals surface area (Å²) in [6, 6.07) is 0.966. The van der Waals surface area contributed by atoms with E-state index in [1.807, 2.05) is 0 Å². The molecular weight excluding hydrogens is 214 g/mol. The molecule has 0 spiro atoms. The normalized spacial score (nSPS) is 13.9. The number of rotatable bonds is 3. The zero-order valence-electron chi connectivity index (χ0n) is 7.63. The van der Waals surface area contributed by atoms with Crippen molar-refractivity contribution in [2.24, 2.45) is 0 Å². The molecule has 0 aliphatic rings. The molecule has 0 saturated carbocycles. The van der Waals surface area contributed by atoms with E-state index in [2.05, 4.69) is 4.98 Å². The molecule has 0 aliphatic carbocycles. The van der Waals surface area contributed by atoms with Crippen LogP contribution in [0.25, 0.3) is 0 Å². The van der Waals surface area contributed by atoms with E-state index in [4.69, 9.17) is 0 Å². The molecule has 0 aromatic carbocycles. The summed E-state index contributed by atoms with van der Waals surface area (Å²) in [5.41, 5.74) is 0.0549. The zero-order valence-corrected chi connectivity index (χ0v) is 7.63. The molecule has 0 fully saturated rings. The van der Waals surface area contributed by atoms with E-state index >= 15 is 0 Å². The van der Waals surface area contributed by atoms with Crippen molar-refractivity contribution in [3.8, 4) is 0 Å². The van der Waals surface area contributed by atoms with Crippen molar-refractivity contribution in [3.05, 3.63) is 29.8 Å². The topological polar surface area (TPSA) is 33.1 Å². The average Bonchev–Trinajstić information content (AvgIpc) is 2.13. The first-order valence-electron chi connectivity index (χ1n) is 4.24. The van der Waals surface area contributed by atoms with Gasteiger partial charge in [-0.05, 0) is 12.5 Å². The third kappa shape index (κ3) is 4.24. The van der Waals surface area contributed by atoms with Gasteiger partial charge in [-0.3, -0.25) is 4.98 Å². The molecule has 1 aromatic rings. The second-order valence-electron chi connectivity index (χ2n) is 3.11. The predicted molar refractivity (Wildman–Crippen MR) is 44.4 cm³/mol. The Morgan fingerprint density at radius 3 is 2.53 bits per heavy atom. The van der Waals surface area contributed by atoms with Crippen LogP contribution < -0.4 is 0 Å². The monoisotopic (exact) mass is 223 g/mol. The molecule has 0 amide bonds. The highest BCUT2D eigenvalue weighted by Gasteiger charge is 2.28. The van der Waals surface area contributed by atoms with E-state index in [1.165, 1.54) is 0 Å². The quantitative estimate of drug-likeness (QED) is 0.799. The maximum absolute atomic E-state index is 12.6. The Morgan fingerprint density at radius 1 is 1.33 bits per heavy atom. The first-order valence-corrected chi connectivity index (χ1v) is 4.24. The molecule has 1 unspecified atom stereocenters. The molecule has 15 heavy (non-hydrogen) atoms. The van der Waals surface area contributed by atoms with Gasteiger partial charge in [-0.1, -0.05) is 0 Å². The van der Waals surface area contributed by atoms with Gasteiger partial charge in [0.15, 0.2) is 0 Å². The highest BCUT2D eigenvalue weighted by atomic mass is 19.4. The number of halogens is 4. The van der Waals surface area contributed by atoms with Crippen LogP contribution in [0.1, 0.15) is 24.5 Å². The van der Waals surface area contributed by atoms with Crippen molar-refractivity contribution in [1.29, 1.82) is 0 Å². The summed E-state index contributed by atoms with van der Waals surface area (Å²) >= 11 is 0. The maximum atomic E-state index is 12.6. The van der Waals surface area contributed by atoms with E-state index in [0.29, 0.717) is 0 Å². The maximum Gasteiger partial charge on any atom is 0.389 e. The smallest absolute Gasteiger partial charge is 0.388 e. The molecule has 0 bridgehead atoms. The van der Waals surface area contributed by atoms with Crippen molar-refractivity contribution < 1.29 is 22.7 Å². The number of aliphatic hydroxyl groups is 1. The van der Waals surface area contributed by atoms with Gasteiger partial charge in [0.25, 0.3) is 0 Å². The molecule has 0 radical (unpaired) electrons. The van der Waals surface area contributed by atoms with Crippen molar-refractivity contribution in [3.63, 3.8) is 0 Å². The number of aliphatic hydroxyl groups excluding tert-OH is 1. The fourth-order valence-electron chi connectivity index (χ4n) is 1.08. The van der Waals surface area contributed by atoms with Gasteiger partial charge in [0.05, 0.1) is 12.3 Å². The molecule has 1 aromatic heterocycles. The number of pyridine rings is 1. The number of hydrogen-bond acceptors (Lipinski definition) is 2. The number of aromatic nitrogens is 1. The first-order chi connectivity index (χ1) is 6.88. The summed E-state index contributed by atoms with van der Waals surface area (Å²) in [5.74, 6) is -0.682.